The van der Waals surface area contributed by atoms with Crippen LogP contribution in [-0.2, 0) is 0 Å². The van der Waals surface area contributed by atoms with Gasteiger partial charge in [-0.15, -0.1) is 0 Å². The van der Waals surface area contributed by atoms with Gasteiger partial charge in [0.1, 0.15) is 5.02 Å². The van der Waals surface area contributed by atoms with Crippen molar-refractivity contribution in [3.8, 4) is 6.07 Å². The van der Waals surface area contributed by atoms with E-state index < -0.39 is 0 Å². The fourth-order valence-electron chi connectivity index (χ4n) is 2.44. The van der Waals surface area contributed by atoms with E-state index in [4.69, 9.17) is 11.6 Å². The van der Waals surface area contributed by atoms with E-state index in [2.05, 4.69) is 27.9 Å². The molecule has 108 valence electrons. The molecular formula is C13H18ClN5O. The molecule has 1 unspecified atom stereocenters. The maximum atomic E-state index is 11.5. The van der Waals surface area contributed by atoms with Crippen molar-refractivity contribution in [1.29, 1.82) is 5.26 Å². The summed E-state index contributed by atoms with van der Waals surface area (Å²) in [6.07, 6.45) is 3.26. The molecule has 0 spiro atoms. The largest absolute Gasteiger partial charge is 0.353 e. The van der Waals surface area contributed by atoms with Crippen molar-refractivity contribution in [2.24, 2.45) is 0 Å². The Morgan fingerprint density at radius 3 is 2.80 bits per heavy atom. The van der Waals surface area contributed by atoms with Gasteiger partial charge in [0.05, 0.1) is 18.4 Å². The van der Waals surface area contributed by atoms with Crippen LogP contribution in [0.1, 0.15) is 19.8 Å². The lowest BCUT2D eigenvalue weighted by molar-refractivity contribution is 0.211. The molecule has 0 aromatic carbocycles. The van der Waals surface area contributed by atoms with E-state index in [-0.39, 0.29) is 16.6 Å². The summed E-state index contributed by atoms with van der Waals surface area (Å²) in [5.41, 5.74) is -0.319. The summed E-state index contributed by atoms with van der Waals surface area (Å²) in [4.78, 5) is 22.3. The second-order valence-corrected chi connectivity index (χ2v) is 5.20. The molecule has 0 saturated carbocycles. The fourth-order valence-corrected chi connectivity index (χ4v) is 2.66. The summed E-state index contributed by atoms with van der Waals surface area (Å²) in [5, 5.41) is 9.32. The molecule has 1 atom stereocenters. The highest BCUT2D eigenvalue weighted by Crippen LogP contribution is 2.20. The van der Waals surface area contributed by atoms with Gasteiger partial charge in [0, 0.05) is 26.2 Å². The van der Waals surface area contributed by atoms with E-state index in [9.17, 15) is 10.1 Å². The molecule has 2 rings (SSSR count). The molecule has 7 heteroatoms. The lowest BCUT2D eigenvalue weighted by atomic mass is 10.1. The van der Waals surface area contributed by atoms with Gasteiger partial charge < -0.3 is 9.88 Å². The average Bonchev–Trinajstić information content (AvgIpc) is 2.48. The minimum absolute atomic E-state index is 0.0234. The normalized spacial score (nSPS) is 17.8. The molecule has 1 saturated heterocycles. The number of H-pyrrole nitrogens is 1. The van der Waals surface area contributed by atoms with Gasteiger partial charge in [0.2, 0.25) is 0 Å². The highest BCUT2D eigenvalue weighted by atomic mass is 35.5. The molecule has 2 heterocycles. The summed E-state index contributed by atoms with van der Waals surface area (Å²) in [6.45, 7) is 5.09. The van der Waals surface area contributed by atoms with Crippen LogP contribution in [-0.4, -0.2) is 47.1 Å². The number of halogens is 1. The highest BCUT2D eigenvalue weighted by molar-refractivity contribution is 6.32. The summed E-state index contributed by atoms with van der Waals surface area (Å²) >= 11 is 5.99. The van der Waals surface area contributed by atoms with E-state index in [1.165, 1.54) is 6.33 Å². The van der Waals surface area contributed by atoms with Gasteiger partial charge in [-0.25, -0.2) is 4.98 Å². The highest BCUT2D eigenvalue weighted by Gasteiger charge is 2.25. The van der Waals surface area contributed by atoms with Crippen LogP contribution in [0, 0.1) is 11.3 Å². The summed E-state index contributed by atoms with van der Waals surface area (Å²) in [6, 6.07) is 2.34. The fraction of sp³-hybridized carbons (Fsp3) is 0.615. The first-order valence-corrected chi connectivity index (χ1v) is 7.17. The van der Waals surface area contributed by atoms with Crippen molar-refractivity contribution < 1.29 is 0 Å². The van der Waals surface area contributed by atoms with Gasteiger partial charge in [0.25, 0.3) is 5.56 Å². The van der Waals surface area contributed by atoms with E-state index in [1.54, 1.807) is 0 Å². The zero-order valence-electron chi connectivity index (χ0n) is 11.5. The van der Waals surface area contributed by atoms with Crippen LogP contribution in [0.3, 0.4) is 0 Å². The number of nitrogens with zero attached hydrogens (tertiary/aromatic N) is 4. The van der Waals surface area contributed by atoms with Crippen LogP contribution < -0.4 is 10.5 Å². The zero-order valence-corrected chi connectivity index (χ0v) is 12.2. The molecule has 0 radical (unpaired) electrons. The van der Waals surface area contributed by atoms with Crippen molar-refractivity contribution in [3.63, 3.8) is 0 Å². The minimum atomic E-state index is -0.319. The quantitative estimate of drug-likeness (QED) is 0.904. The second-order valence-electron chi connectivity index (χ2n) is 4.83. The van der Waals surface area contributed by atoms with Gasteiger partial charge in [-0.2, -0.15) is 5.26 Å². The van der Waals surface area contributed by atoms with Crippen LogP contribution >= 0.6 is 11.6 Å². The van der Waals surface area contributed by atoms with Gasteiger partial charge in [-0.3, -0.25) is 9.69 Å². The van der Waals surface area contributed by atoms with Crippen LogP contribution in [0.5, 0.6) is 0 Å². The predicted octanol–water partition coefficient (Wildman–Crippen LogP) is 1.24. The first-order valence-electron chi connectivity index (χ1n) is 6.79. The Morgan fingerprint density at radius 2 is 2.20 bits per heavy atom. The molecule has 1 N–H and O–H groups in total. The van der Waals surface area contributed by atoms with Crippen LogP contribution in [0.4, 0.5) is 5.82 Å². The van der Waals surface area contributed by atoms with Gasteiger partial charge in [-0.05, 0) is 6.42 Å². The van der Waals surface area contributed by atoms with Crippen molar-refractivity contribution in [2.75, 3.05) is 31.1 Å². The van der Waals surface area contributed by atoms with Crippen LogP contribution in [0.15, 0.2) is 11.1 Å². The maximum Gasteiger partial charge on any atom is 0.271 e. The smallest absolute Gasteiger partial charge is 0.271 e. The Hall–Kier alpha value is -1.58. The van der Waals surface area contributed by atoms with Crippen LogP contribution in [0.25, 0.3) is 0 Å². The van der Waals surface area contributed by atoms with E-state index in [0.717, 1.165) is 39.0 Å². The number of hydrogen-bond donors (Lipinski definition) is 1. The molecule has 0 amide bonds. The first kappa shape index (κ1) is 14.8. The molecule has 1 aliphatic rings. The number of anilines is 1. The Bertz CT molecular complexity index is 544. The summed E-state index contributed by atoms with van der Waals surface area (Å²) in [7, 11) is 0. The SMILES string of the molecule is CCCC(C#N)N1CCN(c2nc[nH]c(=O)c2Cl)CC1. The van der Waals surface area contributed by atoms with Crippen molar-refractivity contribution >= 4 is 17.4 Å². The molecule has 1 aromatic rings. The lowest BCUT2D eigenvalue weighted by Crippen LogP contribution is -2.50. The maximum absolute atomic E-state index is 11.5. The number of nitriles is 1. The van der Waals surface area contributed by atoms with Crippen molar-refractivity contribution in [3.05, 3.63) is 21.7 Å². The number of nitrogens with one attached hydrogen (secondary N) is 1. The van der Waals surface area contributed by atoms with Gasteiger partial charge in [-0.1, -0.05) is 24.9 Å². The predicted molar refractivity (Wildman–Crippen MR) is 78.0 cm³/mol. The Balaban J connectivity index is 2.03. The Kier molecular flexibility index (Phi) is 4.99. The average molecular weight is 296 g/mol. The molecule has 6 nitrogen and oxygen atoms in total. The number of aromatic nitrogens is 2. The summed E-state index contributed by atoms with van der Waals surface area (Å²) < 4.78 is 0. The van der Waals surface area contributed by atoms with Gasteiger partial charge in [0.15, 0.2) is 5.82 Å². The molecule has 1 aromatic heterocycles. The zero-order chi connectivity index (χ0) is 14.5. The number of rotatable bonds is 4. The van der Waals surface area contributed by atoms with Gasteiger partial charge >= 0.3 is 0 Å². The second kappa shape index (κ2) is 6.73. The number of aromatic amines is 1. The third-order valence-electron chi connectivity index (χ3n) is 3.54. The molecular weight excluding hydrogens is 278 g/mol. The lowest BCUT2D eigenvalue weighted by Gasteiger charge is -2.37. The number of piperazine rings is 1. The van der Waals surface area contributed by atoms with E-state index >= 15 is 0 Å². The summed E-state index contributed by atoms with van der Waals surface area (Å²) in [5.74, 6) is 0.527. The van der Waals surface area contributed by atoms with Crippen LogP contribution in [0.2, 0.25) is 5.02 Å². The molecule has 1 aliphatic heterocycles. The molecule has 20 heavy (non-hydrogen) atoms. The van der Waals surface area contributed by atoms with E-state index in [0.29, 0.717) is 5.82 Å². The monoisotopic (exact) mass is 295 g/mol. The topological polar surface area (TPSA) is 76.0 Å². The molecule has 0 bridgehead atoms. The Morgan fingerprint density at radius 1 is 1.50 bits per heavy atom. The van der Waals surface area contributed by atoms with Crippen molar-refractivity contribution in [1.82, 2.24) is 14.9 Å². The number of hydrogen-bond acceptors (Lipinski definition) is 5. The minimum Gasteiger partial charge on any atom is -0.353 e. The third kappa shape index (κ3) is 3.11. The van der Waals surface area contributed by atoms with Crippen molar-refractivity contribution in [2.45, 2.75) is 25.8 Å². The first-order chi connectivity index (χ1) is 9.67. The standard InChI is InChI=1S/C13H18ClN5O/c1-2-3-10(8-15)18-4-6-19(7-5-18)12-11(14)13(20)17-9-16-12/h9-10H,2-7H2,1H3,(H,16,17,20). The third-order valence-corrected chi connectivity index (χ3v) is 3.88. The van der Waals surface area contributed by atoms with E-state index in [1.807, 2.05) is 4.90 Å². The molecule has 0 aliphatic carbocycles. The Labute approximate surface area is 123 Å². The molecule has 1 fully saturated rings.